The molecule has 0 aliphatic heterocycles. The Balaban J connectivity index is 1.69. The molecule has 2 heterocycles. The summed E-state index contributed by atoms with van der Waals surface area (Å²) in [7, 11) is 0. The number of hydrogen-bond acceptors (Lipinski definition) is 5. The second-order valence-electron chi connectivity index (χ2n) is 4.44. The predicted octanol–water partition coefficient (Wildman–Crippen LogP) is 3.05. The van der Waals surface area contributed by atoms with Crippen LogP contribution in [0.1, 0.15) is 11.5 Å². The lowest BCUT2D eigenvalue weighted by atomic mass is 10.2. The van der Waals surface area contributed by atoms with E-state index in [9.17, 15) is 0 Å². The highest BCUT2D eigenvalue weighted by molar-refractivity contribution is 5.51. The summed E-state index contributed by atoms with van der Waals surface area (Å²) in [5.74, 6) is 1.86. The average Bonchev–Trinajstić information content (AvgIpc) is 2.95. The van der Waals surface area contributed by atoms with Gasteiger partial charge in [0.15, 0.2) is 0 Å². The predicted molar refractivity (Wildman–Crippen MR) is 76.0 cm³/mol. The molecule has 0 aliphatic carbocycles. The van der Waals surface area contributed by atoms with Crippen LogP contribution in [-0.2, 0) is 6.54 Å². The van der Waals surface area contributed by atoms with Gasteiger partial charge in [-0.3, -0.25) is 0 Å². The number of aromatic nitrogens is 3. The molecule has 20 heavy (non-hydrogen) atoms. The molecule has 0 amide bonds. The van der Waals surface area contributed by atoms with Crippen LogP contribution in [0, 0.1) is 6.92 Å². The molecule has 5 heteroatoms. The van der Waals surface area contributed by atoms with Gasteiger partial charge in [0, 0.05) is 11.8 Å². The number of rotatable bonds is 4. The minimum absolute atomic E-state index is 0.455. The Morgan fingerprint density at radius 1 is 1.10 bits per heavy atom. The number of benzene rings is 1. The Morgan fingerprint density at radius 3 is 2.75 bits per heavy atom. The lowest BCUT2D eigenvalue weighted by molar-refractivity contribution is 0.514. The van der Waals surface area contributed by atoms with Crippen molar-refractivity contribution < 1.29 is 4.42 Å². The SMILES string of the molecule is Cc1ccnc(NCc2nnc(-c3ccccc3)o2)c1. The van der Waals surface area contributed by atoms with Crippen LogP contribution in [0.15, 0.2) is 53.1 Å². The van der Waals surface area contributed by atoms with Gasteiger partial charge in [-0.1, -0.05) is 18.2 Å². The van der Waals surface area contributed by atoms with Gasteiger partial charge in [-0.2, -0.15) is 0 Å². The van der Waals surface area contributed by atoms with E-state index in [1.807, 2.05) is 49.4 Å². The maximum Gasteiger partial charge on any atom is 0.247 e. The fourth-order valence-electron chi connectivity index (χ4n) is 1.82. The van der Waals surface area contributed by atoms with Crippen molar-refractivity contribution >= 4 is 5.82 Å². The Morgan fingerprint density at radius 2 is 1.95 bits per heavy atom. The van der Waals surface area contributed by atoms with Crippen molar-refractivity contribution in [1.29, 1.82) is 0 Å². The van der Waals surface area contributed by atoms with Gasteiger partial charge >= 0.3 is 0 Å². The van der Waals surface area contributed by atoms with Crippen LogP contribution < -0.4 is 5.32 Å². The van der Waals surface area contributed by atoms with Gasteiger partial charge in [0.25, 0.3) is 0 Å². The Hall–Kier alpha value is -2.69. The van der Waals surface area contributed by atoms with E-state index in [2.05, 4.69) is 20.5 Å². The van der Waals surface area contributed by atoms with E-state index in [1.54, 1.807) is 6.20 Å². The zero-order valence-electron chi connectivity index (χ0n) is 11.1. The summed E-state index contributed by atoms with van der Waals surface area (Å²) in [4.78, 5) is 4.22. The molecule has 5 nitrogen and oxygen atoms in total. The van der Waals surface area contributed by atoms with Gasteiger partial charge in [0.1, 0.15) is 5.82 Å². The minimum atomic E-state index is 0.455. The largest absolute Gasteiger partial charge is 0.419 e. The van der Waals surface area contributed by atoms with Crippen molar-refractivity contribution in [3.8, 4) is 11.5 Å². The maximum absolute atomic E-state index is 5.61. The number of pyridine rings is 1. The molecular formula is C15H14N4O. The number of nitrogens with zero attached hydrogens (tertiary/aromatic N) is 3. The summed E-state index contributed by atoms with van der Waals surface area (Å²) >= 11 is 0. The van der Waals surface area contributed by atoms with E-state index >= 15 is 0 Å². The number of hydrogen-bond donors (Lipinski definition) is 1. The third kappa shape index (κ3) is 2.83. The van der Waals surface area contributed by atoms with Crippen LogP contribution in [0.4, 0.5) is 5.82 Å². The normalized spacial score (nSPS) is 10.4. The molecule has 3 rings (SSSR count). The standard InChI is InChI=1S/C15H14N4O/c1-11-7-8-16-13(9-11)17-10-14-18-19-15(20-14)12-5-3-2-4-6-12/h2-9H,10H2,1H3,(H,16,17). The van der Waals surface area contributed by atoms with Crippen LogP contribution in [0.25, 0.3) is 11.5 Å². The zero-order valence-corrected chi connectivity index (χ0v) is 11.1. The van der Waals surface area contributed by atoms with Crippen molar-refractivity contribution in [2.24, 2.45) is 0 Å². The van der Waals surface area contributed by atoms with Crippen molar-refractivity contribution in [1.82, 2.24) is 15.2 Å². The van der Waals surface area contributed by atoms with E-state index in [0.29, 0.717) is 18.3 Å². The Bertz CT molecular complexity index is 694. The quantitative estimate of drug-likeness (QED) is 0.786. The smallest absolute Gasteiger partial charge is 0.247 e. The van der Waals surface area contributed by atoms with E-state index in [4.69, 9.17) is 4.42 Å². The van der Waals surface area contributed by atoms with E-state index in [-0.39, 0.29) is 0 Å². The Labute approximate surface area is 116 Å². The van der Waals surface area contributed by atoms with Gasteiger partial charge in [0.05, 0.1) is 6.54 Å². The monoisotopic (exact) mass is 266 g/mol. The molecule has 0 aliphatic rings. The Kier molecular flexibility index (Phi) is 3.41. The van der Waals surface area contributed by atoms with Crippen molar-refractivity contribution in [2.75, 3.05) is 5.32 Å². The highest BCUT2D eigenvalue weighted by atomic mass is 16.4. The number of aryl methyl sites for hydroxylation is 1. The second kappa shape index (κ2) is 5.52. The molecule has 2 aromatic heterocycles. The summed E-state index contributed by atoms with van der Waals surface area (Å²) in [5.41, 5.74) is 2.07. The number of nitrogens with one attached hydrogen (secondary N) is 1. The lowest BCUT2D eigenvalue weighted by Gasteiger charge is -2.02. The first-order valence-electron chi connectivity index (χ1n) is 6.35. The molecule has 3 aromatic rings. The van der Waals surface area contributed by atoms with E-state index in [0.717, 1.165) is 16.9 Å². The zero-order chi connectivity index (χ0) is 13.8. The molecule has 0 unspecified atom stereocenters. The fraction of sp³-hybridized carbons (Fsp3) is 0.133. The second-order valence-corrected chi connectivity index (χ2v) is 4.44. The topological polar surface area (TPSA) is 63.8 Å². The van der Waals surface area contributed by atoms with Crippen LogP contribution >= 0.6 is 0 Å². The van der Waals surface area contributed by atoms with Crippen LogP contribution in [-0.4, -0.2) is 15.2 Å². The molecule has 0 radical (unpaired) electrons. The van der Waals surface area contributed by atoms with Gasteiger partial charge in [0.2, 0.25) is 11.8 Å². The third-order valence-electron chi connectivity index (χ3n) is 2.82. The average molecular weight is 266 g/mol. The van der Waals surface area contributed by atoms with Gasteiger partial charge in [-0.25, -0.2) is 4.98 Å². The van der Waals surface area contributed by atoms with E-state index < -0.39 is 0 Å². The summed E-state index contributed by atoms with van der Waals surface area (Å²) in [5, 5.41) is 11.2. The first-order valence-corrected chi connectivity index (χ1v) is 6.35. The van der Waals surface area contributed by atoms with Crippen molar-refractivity contribution in [3.05, 3.63) is 60.1 Å². The number of anilines is 1. The maximum atomic E-state index is 5.61. The van der Waals surface area contributed by atoms with Crippen molar-refractivity contribution in [3.63, 3.8) is 0 Å². The van der Waals surface area contributed by atoms with Gasteiger partial charge in [-0.05, 0) is 36.8 Å². The molecule has 0 bridgehead atoms. The third-order valence-corrected chi connectivity index (χ3v) is 2.82. The fourth-order valence-corrected chi connectivity index (χ4v) is 1.82. The van der Waals surface area contributed by atoms with E-state index in [1.165, 1.54) is 0 Å². The summed E-state index contributed by atoms with van der Waals surface area (Å²) < 4.78 is 5.61. The highest BCUT2D eigenvalue weighted by Gasteiger charge is 2.07. The molecule has 1 aromatic carbocycles. The van der Waals surface area contributed by atoms with Crippen molar-refractivity contribution in [2.45, 2.75) is 13.5 Å². The first-order chi connectivity index (χ1) is 9.81. The lowest BCUT2D eigenvalue weighted by Crippen LogP contribution is -2.01. The first kappa shape index (κ1) is 12.3. The van der Waals surface area contributed by atoms with Gasteiger partial charge in [-0.15, -0.1) is 10.2 Å². The molecular weight excluding hydrogens is 252 g/mol. The van der Waals surface area contributed by atoms with Gasteiger partial charge < -0.3 is 9.73 Å². The molecule has 0 saturated heterocycles. The van der Waals surface area contributed by atoms with Crippen LogP contribution in [0.5, 0.6) is 0 Å². The molecule has 0 spiro atoms. The highest BCUT2D eigenvalue weighted by Crippen LogP contribution is 2.17. The summed E-state index contributed by atoms with van der Waals surface area (Å²) in [6.45, 7) is 2.48. The van der Waals surface area contributed by atoms with Crippen LogP contribution in [0.2, 0.25) is 0 Å². The summed E-state index contributed by atoms with van der Waals surface area (Å²) in [6, 6.07) is 13.6. The molecule has 100 valence electrons. The molecule has 0 saturated carbocycles. The molecule has 0 atom stereocenters. The molecule has 0 fully saturated rings. The molecule has 1 N–H and O–H groups in total. The minimum Gasteiger partial charge on any atom is -0.419 e. The van der Waals surface area contributed by atoms with Crippen LogP contribution in [0.3, 0.4) is 0 Å². The summed E-state index contributed by atoms with van der Waals surface area (Å²) in [6.07, 6.45) is 1.76.